The third kappa shape index (κ3) is 4.65. The zero-order valence-corrected chi connectivity index (χ0v) is 10.4. The summed E-state index contributed by atoms with van der Waals surface area (Å²) < 4.78 is 0. The first kappa shape index (κ1) is 13.0. The van der Waals surface area contributed by atoms with Crippen molar-refractivity contribution in [3.05, 3.63) is 0 Å². The molecule has 0 atom stereocenters. The predicted molar refractivity (Wildman–Crippen MR) is 63.6 cm³/mol. The van der Waals surface area contributed by atoms with Crippen molar-refractivity contribution in [1.82, 2.24) is 5.32 Å². The van der Waals surface area contributed by atoms with Crippen molar-refractivity contribution in [3.8, 4) is 6.07 Å². The summed E-state index contributed by atoms with van der Waals surface area (Å²) in [6, 6.07) is 2.19. The molecule has 0 bridgehead atoms. The fourth-order valence-electron chi connectivity index (χ4n) is 2.08. The highest BCUT2D eigenvalue weighted by Crippen LogP contribution is 2.26. The molecule has 0 aliphatic heterocycles. The lowest BCUT2D eigenvalue weighted by Gasteiger charge is -2.22. The molecule has 0 aromatic carbocycles. The summed E-state index contributed by atoms with van der Waals surface area (Å²) in [5.41, 5.74) is -0.456. The minimum Gasteiger partial charge on any atom is -0.355 e. The van der Waals surface area contributed by atoms with Crippen molar-refractivity contribution in [1.29, 1.82) is 5.26 Å². The maximum absolute atomic E-state index is 11.7. The second-order valence-electron chi connectivity index (χ2n) is 5.48. The molecule has 0 radical (unpaired) electrons. The van der Waals surface area contributed by atoms with Gasteiger partial charge < -0.3 is 5.32 Å². The van der Waals surface area contributed by atoms with Crippen molar-refractivity contribution < 1.29 is 4.79 Å². The second-order valence-corrected chi connectivity index (χ2v) is 5.48. The molecule has 90 valence electrons. The number of hydrogen-bond donors (Lipinski definition) is 1. The SMILES string of the molecule is CC(C)(C#N)CNC(=O)CC1CCCCC1. The van der Waals surface area contributed by atoms with Gasteiger partial charge in [-0.05, 0) is 32.6 Å². The molecule has 0 aromatic heterocycles. The maximum Gasteiger partial charge on any atom is 0.220 e. The third-order valence-corrected chi connectivity index (χ3v) is 3.23. The molecular weight excluding hydrogens is 200 g/mol. The summed E-state index contributed by atoms with van der Waals surface area (Å²) in [5.74, 6) is 0.675. The highest BCUT2D eigenvalue weighted by Gasteiger charge is 2.20. The largest absolute Gasteiger partial charge is 0.355 e. The Hall–Kier alpha value is -1.04. The van der Waals surface area contributed by atoms with E-state index in [0.29, 0.717) is 18.9 Å². The summed E-state index contributed by atoms with van der Waals surface area (Å²) in [4.78, 5) is 11.7. The van der Waals surface area contributed by atoms with Crippen LogP contribution < -0.4 is 5.32 Å². The van der Waals surface area contributed by atoms with E-state index in [1.807, 2.05) is 13.8 Å². The molecule has 1 fully saturated rings. The Morgan fingerprint density at radius 3 is 2.56 bits per heavy atom. The molecule has 0 spiro atoms. The number of carbonyl (C=O) groups excluding carboxylic acids is 1. The van der Waals surface area contributed by atoms with Gasteiger partial charge in [-0.1, -0.05) is 19.3 Å². The van der Waals surface area contributed by atoms with Gasteiger partial charge in [-0.3, -0.25) is 4.79 Å². The van der Waals surface area contributed by atoms with Crippen LogP contribution in [-0.4, -0.2) is 12.5 Å². The van der Waals surface area contributed by atoms with E-state index >= 15 is 0 Å². The van der Waals surface area contributed by atoms with Crippen LogP contribution in [0.5, 0.6) is 0 Å². The predicted octanol–water partition coefficient (Wildman–Crippen LogP) is 2.62. The quantitative estimate of drug-likeness (QED) is 0.795. The molecule has 0 aromatic rings. The standard InChI is InChI=1S/C13H22N2O/c1-13(2,9-14)10-15-12(16)8-11-6-4-3-5-7-11/h11H,3-8,10H2,1-2H3,(H,15,16). The topological polar surface area (TPSA) is 52.9 Å². The smallest absolute Gasteiger partial charge is 0.220 e. The minimum absolute atomic E-state index is 0.107. The van der Waals surface area contributed by atoms with Gasteiger partial charge in [-0.25, -0.2) is 0 Å². The van der Waals surface area contributed by atoms with E-state index in [0.717, 1.165) is 0 Å². The molecular formula is C13H22N2O. The van der Waals surface area contributed by atoms with Gasteiger partial charge in [0.2, 0.25) is 5.91 Å². The van der Waals surface area contributed by atoms with Crippen LogP contribution in [0, 0.1) is 22.7 Å². The zero-order valence-electron chi connectivity index (χ0n) is 10.4. The van der Waals surface area contributed by atoms with E-state index in [4.69, 9.17) is 5.26 Å². The van der Waals surface area contributed by atoms with Gasteiger partial charge in [-0.2, -0.15) is 5.26 Å². The highest BCUT2D eigenvalue weighted by molar-refractivity contribution is 5.76. The molecule has 0 unspecified atom stereocenters. The van der Waals surface area contributed by atoms with Crippen molar-refractivity contribution >= 4 is 5.91 Å². The van der Waals surface area contributed by atoms with Crippen LogP contribution in [0.3, 0.4) is 0 Å². The van der Waals surface area contributed by atoms with Crippen LogP contribution in [0.4, 0.5) is 0 Å². The summed E-state index contributed by atoms with van der Waals surface area (Å²) in [5, 5.41) is 11.7. The van der Waals surface area contributed by atoms with E-state index < -0.39 is 5.41 Å². The number of hydrogen-bond acceptors (Lipinski definition) is 2. The number of nitrogens with zero attached hydrogens (tertiary/aromatic N) is 1. The molecule has 3 heteroatoms. The fraction of sp³-hybridized carbons (Fsp3) is 0.846. The first-order chi connectivity index (χ1) is 7.53. The van der Waals surface area contributed by atoms with E-state index in [1.165, 1.54) is 32.1 Å². The van der Waals surface area contributed by atoms with E-state index in [-0.39, 0.29) is 5.91 Å². The van der Waals surface area contributed by atoms with E-state index in [9.17, 15) is 4.79 Å². The van der Waals surface area contributed by atoms with Gasteiger partial charge in [0.1, 0.15) is 0 Å². The third-order valence-electron chi connectivity index (χ3n) is 3.23. The van der Waals surface area contributed by atoms with Crippen LogP contribution in [-0.2, 0) is 4.79 Å². The minimum atomic E-state index is -0.456. The fourth-order valence-corrected chi connectivity index (χ4v) is 2.08. The molecule has 0 saturated heterocycles. The van der Waals surface area contributed by atoms with Crippen molar-refractivity contribution in [3.63, 3.8) is 0 Å². The average molecular weight is 222 g/mol. The van der Waals surface area contributed by atoms with Crippen LogP contribution in [0.25, 0.3) is 0 Å². The average Bonchev–Trinajstić information content (AvgIpc) is 2.28. The van der Waals surface area contributed by atoms with Gasteiger partial charge in [0.05, 0.1) is 11.5 Å². The molecule has 1 saturated carbocycles. The van der Waals surface area contributed by atoms with E-state index in [1.54, 1.807) is 0 Å². The Kier molecular flexibility index (Phi) is 4.79. The summed E-state index contributed by atoms with van der Waals surface area (Å²) in [6.45, 7) is 4.14. The molecule has 3 nitrogen and oxygen atoms in total. The number of carbonyl (C=O) groups is 1. The van der Waals surface area contributed by atoms with Crippen LogP contribution >= 0.6 is 0 Å². The summed E-state index contributed by atoms with van der Waals surface area (Å²) in [6.07, 6.45) is 6.87. The lowest BCUT2D eigenvalue weighted by atomic mass is 9.86. The lowest BCUT2D eigenvalue weighted by Crippen LogP contribution is -2.34. The molecule has 0 heterocycles. The maximum atomic E-state index is 11.7. The van der Waals surface area contributed by atoms with Crippen molar-refractivity contribution in [2.75, 3.05) is 6.54 Å². The molecule has 1 aliphatic carbocycles. The number of amides is 1. The van der Waals surface area contributed by atoms with Crippen LogP contribution in [0.15, 0.2) is 0 Å². The summed E-state index contributed by atoms with van der Waals surface area (Å²) >= 11 is 0. The van der Waals surface area contributed by atoms with Gasteiger partial charge in [-0.15, -0.1) is 0 Å². The Labute approximate surface area is 98.2 Å². The normalized spacial score (nSPS) is 17.8. The monoisotopic (exact) mass is 222 g/mol. The molecule has 16 heavy (non-hydrogen) atoms. The first-order valence-electron chi connectivity index (χ1n) is 6.21. The second kappa shape index (κ2) is 5.89. The molecule has 1 amide bonds. The highest BCUT2D eigenvalue weighted by atomic mass is 16.1. The van der Waals surface area contributed by atoms with Gasteiger partial charge >= 0.3 is 0 Å². The number of rotatable bonds is 4. The van der Waals surface area contributed by atoms with Crippen molar-refractivity contribution in [2.24, 2.45) is 11.3 Å². The number of nitrogens with one attached hydrogen (secondary N) is 1. The summed E-state index contributed by atoms with van der Waals surface area (Å²) in [7, 11) is 0. The van der Waals surface area contributed by atoms with Crippen LogP contribution in [0.1, 0.15) is 52.4 Å². The molecule has 1 rings (SSSR count). The Morgan fingerprint density at radius 1 is 1.38 bits per heavy atom. The Morgan fingerprint density at radius 2 is 2.00 bits per heavy atom. The van der Waals surface area contributed by atoms with Gasteiger partial charge in [0.15, 0.2) is 0 Å². The lowest BCUT2D eigenvalue weighted by molar-refractivity contribution is -0.122. The van der Waals surface area contributed by atoms with Crippen molar-refractivity contribution in [2.45, 2.75) is 52.4 Å². The van der Waals surface area contributed by atoms with Gasteiger partial charge in [0, 0.05) is 13.0 Å². The Balaban J connectivity index is 2.23. The zero-order chi connectivity index (χ0) is 12.0. The van der Waals surface area contributed by atoms with E-state index in [2.05, 4.69) is 11.4 Å². The van der Waals surface area contributed by atoms with Crippen LogP contribution in [0.2, 0.25) is 0 Å². The molecule has 1 N–H and O–H groups in total. The Bertz CT molecular complexity index is 272. The van der Waals surface area contributed by atoms with Gasteiger partial charge in [0.25, 0.3) is 0 Å². The first-order valence-corrected chi connectivity index (χ1v) is 6.21. The molecule has 1 aliphatic rings. The number of nitriles is 1.